The van der Waals surface area contributed by atoms with E-state index in [1.165, 1.54) is 0 Å². The van der Waals surface area contributed by atoms with Gasteiger partial charge in [-0.05, 0) is 53.1 Å². The van der Waals surface area contributed by atoms with Gasteiger partial charge in [-0.2, -0.15) is 5.26 Å². The van der Waals surface area contributed by atoms with Crippen LogP contribution >= 0.6 is 0 Å². The van der Waals surface area contributed by atoms with Gasteiger partial charge in [0.2, 0.25) is 5.91 Å². The van der Waals surface area contributed by atoms with E-state index in [9.17, 15) is 4.79 Å². The van der Waals surface area contributed by atoms with Crippen LogP contribution in [0.1, 0.15) is 28.3 Å². The summed E-state index contributed by atoms with van der Waals surface area (Å²) in [6.07, 6.45) is 1.77. The Morgan fingerprint density at radius 2 is 1.62 bits per heavy atom. The van der Waals surface area contributed by atoms with E-state index in [2.05, 4.69) is 18.0 Å². The Hall–Kier alpha value is -4.08. The van der Waals surface area contributed by atoms with E-state index in [-0.39, 0.29) is 18.5 Å². The van der Waals surface area contributed by atoms with Gasteiger partial charge in [-0.3, -0.25) is 9.69 Å². The molecule has 3 aromatic rings. The third-order valence-electron chi connectivity index (χ3n) is 5.42. The van der Waals surface area contributed by atoms with Crippen LogP contribution < -0.4 is 14.8 Å². The topological polar surface area (TPSA) is 74.6 Å². The molecule has 34 heavy (non-hydrogen) atoms. The molecular weight excluding hydrogens is 426 g/mol. The maximum Gasteiger partial charge on any atom is 0.234 e. The number of benzene rings is 3. The van der Waals surface area contributed by atoms with Crippen molar-refractivity contribution in [3.05, 3.63) is 108 Å². The van der Waals surface area contributed by atoms with Crippen molar-refractivity contribution in [3.8, 4) is 17.6 Å². The van der Waals surface area contributed by atoms with Crippen molar-refractivity contribution in [1.29, 1.82) is 5.26 Å². The highest BCUT2D eigenvalue weighted by Crippen LogP contribution is 2.26. The second-order valence-electron chi connectivity index (χ2n) is 7.82. The Bertz CT molecular complexity index is 1090. The van der Waals surface area contributed by atoms with Crippen LogP contribution in [0, 0.1) is 11.3 Å². The number of amides is 1. The number of carbonyl (C=O) groups excluding carboxylic acids is 1. The summed E-state index contributed by atoms with van der Waals surface area (Å²) in [7, 11) is 3.25. The SMILES string of the molecule is C=CCN(CC(=O)NC(c1ccc(OC)cc1)c1ccc(OC)cc1)Cc1cccc(C#N)c1. The molecule has 0 aliphatic heterocycles. The van der Waals surface area contributed by atoms with Gasteiger partial charge in [0.1, 0.15) is 11.5 Å². The van der Waals surface area contributed by atoms with E-state index in [1.807, 2.05) is 71.6 Å². The first-order valence-corrected chi connectivity index (χ1v) is 11.0. The number of methoxy groups -OCH3 is 2. The molecule has 0 atom stereocenters. The van der Waals surface area contributed by atoms with Crippen molar-refractivity contribution in [2.75, 3.05) is 27.3 Å². The highest BCUT2D eigenvalue weighted by Gasteiger charge is 2.19. The standard InChI is InChI=1S/C28H29N3O3/c1-4-16-31(19-22-7-5-6-21(17-22)18-29)20-27(32)30-28(23-8-12-25(33-2)13-9-23)24-10-14-26(34-3)15-11-24/h4-15,17,28H,1,16,19-20H2,2-3H3,(H,30,32). The second-order valence-corrected chi connectivity index (χ2v) is 7.82. The van der Waals surface area contributed by atoms with Crippen molar-refractivity contribution in [2.24, 2.45) is 0 Å². The van der Waals surface area contributed by atoms with E-state index in [0.717, 1.165) is 28.2 Å². The van der Waals surface area contributed by atoms with Crippen LogP contribution in [0.2, 0.25) is 0 Å². The fourth-order valence-corrected chi connectivity index (χ4v) is 3.73. The molecule has 0 aliphatic rings. The zero-order valence-electron chi connectivity index (χ0n) is 19.5. The monoisotopic (exact) mass is 455 g/mol. The van der Waals surface area contributed by atoms with Gasteiger partial charge in [0.25, 0.3) is 0 Å². The van der Waals surface area contributed by atoms with Crippen LogP contribution in [0.25, 0.3) is 0 Å². The largest absolute Gasteiger partial charge is 0.497 e. The molecule has 0 fully saturated rings. The van der Waals surface area contributed by atoms with Crippen LogP contribution in [0.5, 0.6) is 11.5 Å². The molecule has 1 amide bonds. The summed E-state index contributed by atoms with van der Waals surface area (Å²) in [6, 6.07) is 24.5. The maximum absolute atomic E-state index is 13.2. The lowest BCUT2D eigenvalue weighted by Crippen LogP contribution is -2.39. The van der Waals surface area contributed by atoms with E-state index in [1.54, 1.807) is 26.4 Å². The number of hydrogen-bond donors (Lipinski definition) is 1. The van der Waals surface area contributed by atoms with Gasteiger partial charge in [0, 0.05) is 13.1 Å². The molecule has 0 spiro atoms. The lowest BCUT2D eigenvalue weighted by atomic mass is 9.98. The quantitative estimate of drug-likeness (QED) is 0.432. The van der Waals surface area contributed by atoms with E-state index >= 15 is 0 Å². The zero-order valence-corrected chi connectivity index (χ0v) is 19.5. The van der Waals surface area contributed by atoms with E-state index < -0.39 is 0 Å². The summed E-state index contributed by atoms with van der Waals surface area (Å²) < 4.78 is 10.6. The number of hydrogen-bond acceptors (Lipinski definition) is 5. The molecule has 0 aliphatic carbocycles. The van der Waals surface area contributed by atoms with Gasteiger partial charge >= 0.3 is 0 Å². The molecule has 1 N–H and O–H groups in total. The third kappa shape index (κ3) is 6.71. The molecule has 0 aromatic heterocycles. The van der Waals surface area contributed by atoms with Gasteiger partial charge in [0.15, 0.2) is 0 Å². The molecule has 0 saturated carbocycles. The Morgan fingerprint density at radius 1 is 1.03 bits per heavy atom. The third-order valence-corrected chi connectivity index (χ3v) is 5.42. The highest BCUT2D eigenvalue weighted by molar-refractivity contribution is 5.79. The van der Waals surface area contributed by atoms with Gasteiger partial charge in [-0.15, -0.1) is 6.58 Å². The van der Waals surface area contributed by atoms with Crippen LogP contribution in [0.15, 0.2) is 85.5 Å². The fraction of sp³-hybridized carbons (Fsp3) is 0.214. The minimum absolute atomic E-state index is 0.116. The summed E-state index contributed by atoms with van der Waals surface area (Å²) in [4.78, 5) is 15.1. The van der Waals surface area contributed by atoms with Gasteiger partial charge < -0.3 is 14.8 Å². The summed E-state index contributed by atoms with van der Waals surface area (Å²) in [6.45, 7) is 5.08. The summed E-state index contributed by atoms with van der Waals surface area (Å²) >= 11 is 0. The van der Waals surface area contributed by atoms with Crippen molar-refractivity contribution in [2.45, 2.75) is 12.6 Å². The molecule has 6 nitrogen and oxygen atoms in total. The molecule has 0 radical (unpaired) electrons. The van der Waals surface area contributed by atoms with Crippen LogP contribution in [-0.4, -0.2) is 38.1 Å². The number of carbonyl (C=O) groups is 1. The summed E-state index contributed by atoms with van der Waals surface area (Å²) in [5.74, 6) is 1.38. The number of nitrogens with zero attached hydrogens (tertiary/aromatic N) is 2. The first-order valence-electron chi connectivity index (χ1n) is 11.0. The predicted octanol–water partition coefficient (Wildman–Crippen LogP) is 4.47. The Kier molecular flexibility index (Phi) is 8.84. The van der Waals surface area contributed by atoms with Gasteiger partial charge in [0.05, 0.1) is 38.4 Å². The van der Waals surface area contributed by atoms with Crippen LogP contribution in [0.4, 0.5) is 0 Å². The number of nitriles is 1. The van der Waals surface area contributed by atoms with Crippen molar-refractivity contribution < 1.29 is 14.3 Å². The molecule has 3 aromatic carbocycles. The first-order chi connectivity index (χ1) is 16.6. The number of rotatable bonds is 11. The smallest absolute Gasteiger partial charge is 0.234 e. The molecular formula is C28H29N3O3. The van der Waals surface area contributed by atoms with E-state index in [0.29, 0.717) is 18.7 Å². The highest BCUT2D eigenvalue weighted by atomic mass is 16.5. The predicted molar refractivity (Wildman–Crippen MR) is 133 cm³/mol. The Balaban J connectivity index is 1.79. The first kappa shape index (κ1) is 24.6. The molecule has 0 saturated heterocycles. The zero-order chi connectivity index (χ0) is 24.3. The molecule has 0 unspecified atom stereocenters. The second kappa shape index (κ2) is 12.2. The number of ether oxygens (including phenoxy) is 2. The Morgan fingerprint density at radius 3 is 2.12 bits per heavy atom. The fourth-order valence-electron chi connectivity index (χ4n) is 3.73. The van der Waals surface area contributed by atoms with Gasteiger partial charge in [-0.25, -0.2) is 0 Å². The van der Waals surface area contributed by atoms with Gasteiger partial charge in [-0.1, -0.05) is 42.5 Å². The van der Waals surface area contributed by atoms with Crippen molar-refractivity contribution in [1.82, 2.24) is 10.2 Å². The molecule has 174 valence electrons. The van der Waals surface area contributed by atoms with E-state index in [4.69, 9.17) is 14.7 Å². The average Bonchev–Trinajstić information content (AvgIpc) is 2.87. The Labute approximate surface area is 201 Å². The minimum Gasteiger partial charge on any atom is -0.497 e. The van der Waals surface area contributed by atoms with Crippen LogP contribution in [-0.2, 0) is 11.3 Å². The lowest BCUT2D eigenvalue weighted by molar-refractivity contribution is -0.122. The van der Waals surface area contributed by atoms with Crippen molar-refractivity contribution in [3.63, 3.8) is 0 Å². The maximum atomic E-state index is 13.2. The molecule has 3 rings (SSSR count). The van der Waals surface area contributed by atoms with Crippen molar-refractivity contribution >= 4 is 5.91 Å². The lowest BCUT2D eigenvalue weighted by Gasteiger charge is -2.24. The average molecular weight is 456 g/mol. The van der Waals surface area contributed by atoms with Crippen LogP contribution in [0.3, 0.4) is 0 Å². The minimum atomic E-state index is -0.336. The summed E-state index contributed by atoms with van der Waals surface area (Å²) in [5.41, 5.74) is 3.45. The summed E-state index contributed by atoms with van der Waals surface area (Å²) in [5, 5.41) is 12.3. The number of nitrogens with one attached hydrogen (secondary N) is 1. The normalized spacial score (nSPS) is 10.6. The molecule has 0 heterocycles. The molecule has 0 bridgehead atoms. The molecule has 6 heteroatoms.